The van der Waals surface area contributed by atoms with Crippen LogP contribution < -0.4 is 4.74 Å². The third-order valence-electron chi connectivity index (χ3n) is 2.50. The van der Waals surface area contributed by atoms with Crippen LogP contribution in [-0.4, -0.2) is 18.7 Å². The molecule has 104 valence electrons. The smallest absolute Gasteiger partial charge is 0.130 e. The van der Waals surface area contributed by atoms with Crippen molar-refractivity contribution in [2.45, 2.75) is 13.0 Å². The lowest BCUT2D eigenvalue weighted by atomic mass is 10.3. The number of halogens is 1. The molecule has 0 saturated heterocycles. The molecule has 20 heavy (non-hydrogen) atoms. The van der Waals surface area contributed by atoms with Crippen LogP contribution in [0.15, 0.2) is 24.3 Å². The summed E-state index contributed by atoms with van der Waals surface area (Å²) in [7, 11) is 1.59. The number of thiazole rings is 1. The van der Waals surface area contributed by atoms with Gasteiger partial charge in [-0.3, -0.25) is 0 Å². The van der Waals surface area contributed by atoms with Gasteiger partial charge in [0.05, 0.1) is 23.9 Å². The number of benzene rings is 1. The highest BCUT2D eigenvalue weighted by molar-refractivity contribution is 7.12. The van der Waals surface area contributed by atoms with Gasteiger partial charge in [-0.1, -0.05) is 17.7 Å². The second-order valence-electron chi connectivity index (χ2n) is 3.98. The van der Waals surface area contributed by atoms with Crippen LogP contribution in [0.5, 0.6) is 5.75 Å². The molecule has 6 heteroatoms. The summed E-state index contributed by atoms with van der Waals surface area (Å²) in [5, 5.41) is 10.5. The summed E-state index contributed by atoms with van der Waals surface area (Å²) in [4.78, 5) is 4.99. The summed E-state index contributed by atoms with van der Waals surface area (Å²) in [6.07, 6.45) is 0.648. The van der Waals surface area contributed by atoms with Gasteiger partial charge in [0.25, 0.3) is 0 Å². The van der Waals surface area contributed by atoms with Gasteiger partial charge < -0.3 is 9.47 Å². The van der Waals surface area contributed by atoms with Crippen molar-refractivity contribution >= 4 is 22.9 Å². The molecule has 0 amide bonds. The standard InChI is InChI=1S/C14H13ClN2O2S/c1-18-9-12-13(8-16)20-14(17-12)5-6-19-11-4-2-3-10(15)7-11/h2-4,7H,5-6,9H2,1H3. The van der Waals surface area contributed by atoms with Crippen LogP contribution >= 0.6 is 22.9 Å². The number of nitrogens with zero attached hydrogens (tertiary/aromatic N) is 2. The Hall–Kier alpha value is -1.61. The molecule has 1 aromatic carbocycles. The van der Waals surface area contributed by atoms with Crippen LogP contribution in [0.4, 0.5) is 0 Å². The van der Waals surface area contributed by atoms with E-state index in [0.717, 1.165) is 10.8 Å². The lowest BCUT2D eigenvalue weighted by molar-refractivity contribution is 0.181. The van der Waals surface area contributed by atoms with Crippen molar-refractivity contribution in [1.82, 2.24) is 4.98 Å². The fourth-order valence-corrected chi connectivity index (χ4v) is 2.67. The van der Waals surface area contributed by atoms with Crippen molar-refractivity contribution in [1.29, 1.82) is 5.26 Å². The summed E-state index contributed by atoms with van der Waals surface area (Å²) in [6, 6.07) is 9.39. The summed E-state index contributed by atoms with van der Waals surface area (Å²) in [6.45, 7) is 0.847. The van der Waals surface area contributed by atoms with Crippen LogP contribution in [0.2, 0.25) is 5.02 Å². The molecule has 0 saturated carbocycles. The highest BCUT2D eigenvalue weighted by Gasteiger charge is 2.10. The number of aromatic nitrogens is 1. The number of nitriles is 1. The Morgan fingerprint density at radius 3 is 3.00 bits per heavy atom. The third-order valence-corrected chi connectivity index (χ3v) is 3.80. The Morgan fingerprint density at radius 2 is 2.30 bits per heavy atom. The minimum Gasteiger partial charge on any atom is -0.493 e. The van der Waals surface area contributed by atoms with E-state index in [1.807, 2.05) is 12.1 Å². The molecule has 2 rings (SSSR count). The van der Waals surface area contributed by atoms with E-state index in [0.29, 0.717) is 35.2 Å². The minimum absolute atomic E-state index is 0.356. The van der Waals surface area contributed by atoms with Gasteiger partial charge in [0.15, 0.2) is 0 Å². The third kappa shape index (κ3) is 3.94. The fraction of sp³-hybridized carbons (Fsp3) is 0.286. The van der Waals surface area contributed by atoms with Gasteiger partial charge in [0.2, 0.25) is 0 Å². The first kappa shape index (κ1) is 14.8. The predicted molar refractivity (Wildman–Crippen MR) is 78.2 cm³/mol. The molecule has 0 aliphatic carbocycles. The molecule has 0 unspecified atom stereocenters. The maximum absolute atomic E-state index is 9.01. The average molecular weight is 309 g/mol. The second-order valence-corrected chi connectivity index (χ2v) is 5.50. The molecule has 0 aliphatic rings. The van der Waals surface area contributed by atoms with E-state index in [1.165, 1.54) is 11.3 Å². The van der Waals surface area contributed by atoms with E-state index in [4.69, 9.17) is 26.3 Å². The molecule has 1 heterocycles. The normalized spacial score (nSPS) is 10.2. The first-order chi connectivity index (χ1) is 9.72. The Balaban J connectivity index is 1.93. The molecule has 2 aromatic rings. The Morgan fingerprint density at radius 1 is 1.45 bits per heavy atom. The fourth-order valence-electron chi connectivity index (χ4n) is 1.64. The molecule has 0 radical (unpaired) electrons. The maximum Gasteiger partial charge on any atom is 0.130 e. The molecule has 0 N–H and O–H groups in total. The monoisotopic (exact) mass is 308 g/mol. The lowest BCUT2D eigenvalue weighted by Gasteiger charge is -2.04. The zero-order valence-corrected chi connectivity index (χ0v) is 12.5. The van der Waals surface area contributed by atoms with Crippen molar-refractivity contribution in [2.75, 3.05) is 13.7 Å². The van der Waals surface area contributed by atoms with Crippen LogP contribution in [0.1, 0.15) is 15.6 Å². The van der Waals surface area contributed by atoms with Crippen LogP contribution in [-0.2, 0) is 17.8 Å². The molecule has 0 spiro atoms. The van der Waals surface area contributed by atoms with Crippen molar-refractivity contribution in [3.05, 3.63) is 44.9 Å². The quantitative estimate of drug-likeness (QED) is 0.820. The van der Waals surface area contributed by atoms with E-state index >= 15 is 0 Å². The van der Waals surface area contributed by atoms with Gasteiger partial charge in [-0.2, -0.15) is 5.26 Å². The zero-order valence-electron chi connectivity index (χ0n) is 10.9. The molecule has 4 nitrogen and oxygen atoms in total. The van der Waals surface area contributed by atoms with E-state index in [1.54, 1.807) is 19.2 Å². The maximum atomic E-state index is 9.01. The topological polar surface area (TPSA) is 55.1 Å². The van der Waals surface area contributed by atoms with E-state index in [2.05, 4.69) is 11.1 Å². The van der Waals surface area contributed by atoms with Gasteiger partial charge in [-0.25, -0.2) is 4.98 Å². The van der Waals surface area contributed by atoms with Crippen molar-refractivity contribution < 1.29 is 9.47 Å². The number of rotatable bonds is 6. The first-order valence-corrected chi connectivity index (χ1v) is 7.18. The predicted octanol–water partition coefficient (Wildman–Crippen LogP) is 3.44. The summed E-state index contributed by atoms with van der Waals surface area (Å²) in [5.74, 6) is 0.728. The SMILES string of the molecule is COCc1nc(CCOc2cccc(Cl)c2)sc1C#N. The highest BCUT2D eigenvalue weighted by Crippen LogP contribution is 2.20. The lowest BCUT2D eigenvalue weighted by Crippen LogP contribution is -2.01. The van der Waals surface area contributed by atoms with Crippen molar-refractivity contribution in [2.24, 2.45) is 0 Å². The van der Waals surface area contributed by atoms with E-state index < -0.39 is 0 Å². The first-order valence-electron chi connectivity index (χ1n) is 5.99. The van der Waals surface area contributed by atoms with Gasteiger partial charge >= 0.3 is 0 Å². The Labute approximate surface area is 126 Å². The van der Waals surface area contributed by atoms with Crippen LogP contribution in [0.25, 0.3) is 0 Å². The molecule has 0 aliphatic heterocycles. The van der Waals surface area contributed by atoms with Gasteiger partial charge in [-0.15, -0.1) is 11.3 Å². The minimum atomic E-state index is 0.356. The van der Waals surface area contributed by atoms with Crippen molar-refractivity contribution in [3.8, 4) is 11.8 Å². The Bertz CT molecular complexity index is 622. The van der Waals surface area contributed by atoms with Crippen LogP contribution in [0, 0.1) is 11.3 Å². The van der Waals surface area contributed by atoms with Gasteiger partial charge in [0.1, 0.15) is 16.7 Å². The average Bonchev–Trinajstić information content (AvgIpc) is 2.82. The highest BCUT2D eigenvalue weighted by atomic mass is 35.5. The molecule has 0 fully saturated rings. The molecular weight excluding hydrogens is 296 g/mol. The van der Waals surface area contributed by atoms with Gasteiger partial charge in [0, 0.05) is 18.6 Å². The zero-order chi connectivity index (χ0) is 14.4. The number of hydrogen-bond donors (Lipinski definition) is 0. The van der Waals surface area contributed by atoms with E-state index in [9.17, 15) is 0 Å². The van der Waals surface area contributed by atoms with E-state index in [-0.39, 0.29) is 0 Å². The second kappa shape index (κ2) is 7.25. The number of hydrogen-bond acceptors (Lipinski definition) is 5. The van der Waals surface area contributed by atoms with Gasteiger partial charge in [-0.05, 0) is 18.2 Å². The Kier molecular flexibility index (Phi) is 5.36. The molecule has 0 bridgehead atoms. The summed E-state index contributed by atoms with van der Waals surface area (Å²) >= 11 is 7.26. The number of ether oxygens (including phenoxy) is 2. The van der Waals surface area contributed by atoms with Crippen LogP contribution in [0.3, 0.4) is 0 Å². The molecular formula is C14H13ClN2O2S. The summed E-state index contributed by atoms with van der Waals surface area (Å²) < 4.78 is 10.6. The summed E-state index contributed by atoms with van der Waals surface area (Å²) in [5.41, 5.74) is 0.692. The molecule has 0 atom stereocenters. The largest absolute Gasteiger partial charge is 0.493 e. The number of methoxy groups -OCH3 is 1. The molecule has 1 aromatic heterocycles. The van der Waals surface area contributed by atoms with Crippen molar-refractivity contribution in [3.63, 3.8) is 0 Å².